The van der Waals surface area contributed by atoms with Crippen LogP contribution in [-0.4, -0.2) is 41.8 Å². The molecule has 9 heteroatoms. The first kappa shape index (κ1) is 17.0. The molecule has 0 spiro atoms. The summed E-state index contributed by atoms with van der Waals surface area (Å²) in [6.07, 6.45) is 2.94. The molecule has 0 unspecified atom stereocenters. The minimum atomic E-state index is -3.42. The minimum absolute atomic E-state index is 0.0940. The van der Waals surface area contributed by atoms with E-state index in [1.54, 1.807) is 19.4 Å². The molecule has 1 N–H and O–H groups in total. The second kappa shape index (κ2) is 6.05. The van der Waals surface area contributed by atoms with Gasteiger partial charge < -0.3 is 5.11 Å². The predicted octanol–water partition coefficient (Wildman–Crippen LogP) is 2.67. The Balaban J connectivity index is 2.73. The summed E-state index contributed by atoms with van der Waals surface area (Å²) in [7, 11) is -1.81. The quantitative estimate of drug-likeness (QED) is 0.787. The molecule has 118 valence electrons. The van der Waals surface area contributed by atoms with E-state index in [0.717, 1.165) is 6.26 Å². The van der Waals surface area contributed by atoms with Crippen LogP contribution in [0.2, 0.25) is 0 Å². The molecule has 1 aromatic heterocycles. The third kappa shape index (κ3) is 3.21. The summed E-state index contributed by atoms with van der Waals surface area (Å²) in [6, 6.07) is 4.70. The van der Waals surface area contributed by atoms with Crippen molar-refractivity contribution in [1.29, 1.82) is 0 Å². The molecule has 0 atom stereocenters. The molecule has 0 aliphatic heterocycles. The van der Waals surface area contributed by atoms with Crippen LogP contribution in [0.4, 0.5) is 0 Å². The molecule has 0 bridgehead atoms. The summed E-state index contributed by atoms with van der Waals surface area (Å²) in [5, 5.41) is 12.9. The van der Waals surface area contributed by atoms with Crippen molar-refractivity contribution >= 4 is 43.5 Å². The highest BCUT2D eigenvalue weighted by molar-refractivity contribution is 9.10. The fourth-order valence-corrected chi connectivity index (χ4v) is 5.11. The number of carboxylic acid groups (broad SMARTS) is 1. The Kier molecular flexibility index (Phi) is 4.69. The number of hydrogen-bond donors (Lipinski definition) is 1. The molecular formula is C13H13BrN2O4S2. The van der Waals surface area contributed by atoms with Crippen LogP contribution in [0.25, 0.3) is 11.3 Å². The highest BCUT2D eigenvalue weighted by atomic mass is 79.9. The van der Waals surface area contributed by atoms with Gasteiger partial charge in [-0.3, -0.25) is 4.68 Å². The Morgan fingerprint density at radius 3 is 2.45 bits per heavy atom. The molecule has 22 heavy (non-hydrogen) atoms. The van der Waals surface area contributed by atoms with Crippen molar-refractivity contribution in [2.45, 2.75) is 9.79 Å². The number of rotatable bonds is 4. The molecule has 0 aliphatic rings. The van der Waals surface area contributed by atoms with Crippen molar-refractivity contribution < 1.29 is 18.3 Å². The van der Waals surface area contributed by atoms with Crippen molar-refractivity contribution in [3.8, 4) is 11.3 Å². The average Bonchev–Trinajstić information content (AvgIpc) is 2.79. The fourth-order valence-electron chi connectivity index (χ4n) is 2.03. The van der Waals surface area contributed by atoms with Crippen LogP contribution in [0.5, 0.6) is 0 Å². The summed E-state index contributed by atoms with van der Waals surface area (Å²) in [5.41, 5.74) is 1.01. The maximum absolute atomic E-state index is 12.0. The smallest absolute Gasteiger partial charge is 0.356 e. The summed E-state index contributed by atoms with van der Waals surface area (Å²) >= 11 is 4.70. The van der Waals surface area contributed by atoms with Gasteiger partial charge in [-0.2, -0.15) is 5.10 Å². The van der Waals surface area contributed by atoms with Gasteiger partial charge in [-0.05, 0) is 40.4 Å². The van der Waals surface area contributed by atoms with Gasteiger partial charge in [0, 0.05) is 28.2 Å². The van der Waals surface area contributed by atoms with Gasteiger partial charge in [0.1, 0.15) is 0 Å². The van der Waals surface area contributed by atoms with Crippen LogP contribution in [0.15, 0.2) is 32.5 Å². The summed E-state index contributed by atoms with van der Waals surface area (Å²) < 4.78 is 26.0. The van der Waals surface area contributed by atoms with Gasteiger partial charge in [-0.25, -0.2) is 13.2 Å². The van der Waals surface area contributed by atoms with E-state index in [2.05, 4.69) is 21.0 Å². The van der Waals surface area contributed by atoms with E-state index in [9.17, 15) is 13.2 Å². The van der Waals surface area contributed by atoms with Gasteiger partial charge >= 0.3 is 5.97 Å². The number of carboxylic acids is 1. The number of aromatic nitrogens is 2. The number of nitrogens with zero attached hydrogens (tertiary/aromatic N) is 2. The van der Waals surface area contributed by atoms with Crippen molar-refractivity contribution in [3.63, 3.8) is 0 Å². The van der Waals surface area contributed by atoms with Crippen molar-refractivity contribution in [2.24, 2.45) is 7.05 Å². The molecular weight excluding hydrogens is 392 g/mol. The fraction of sp³-hybridized carbons (Fsp3) is 0.231. The lowest BCUT2D eigenvalue weighted by atomic mass is 10.1. The first-order valence-corrected chi connectivity index (χ1v) is 9.91. The molecule has 0 aliphatic carbocycles. The molecule has 1 heterocycles. The highest BCUT2D eigenvalue weighted by Gasteiger charge is 2.20. The molecule has 0 saturated carbocycles. The molecule has 0 saturated heterocycles. The zero-order chi connectivity index (χ0) is 16.7. The number of halogens is 1. The first-order chi connectivity index (χ1) is 10.1. The van der Waals surface area contributed by atoms with Crippen LogP contribution in [-0.2, 0) is 16.9 Å². The lowest BCUT2D eigenvalue weighted by Crippen LogP contribution is -2.02. The Morgan fingerprint density at radius 2 is 2.00 bits per heavy atom. The molecule has 6 nitrogen and oxygen atoms in total. The number of benzene rings is 1. The predicted molar refractivity (Wildman–Crippen MR) is 88.2 cm³/mol. The zero-order valence-electron chi connectivity index (χ0n) is 12.0. The number of aryl methyl sites for hydroxylation is 1. The van der Waals surface area contributed by atoms with Crippen LogP contribution in [0.3, 0.4) is 0 Å². The van der Waals surface area contributed by atoms with E-state index >= 15 is 0 Å². The van der Waals surface area contributed by atoms with Gasteiger partial charge in [0.15, 0.2) is 15.5 Å². The largest absolute Gasteiger partial charge is 0.476 e. The molecule has 2 rings (SSSR count). The van der Waals surface area contributed by atoms with E-state index in [-0.39, 0.29) is 10.6 Å². The van der Waals surface area contributed by atoms with Crippen LogP contribution in [0.1, 0.15) is 10.5 Å². The summed E-state index contributed by atoms with van der Waals surface area (Å²) in [5.74, 6) is -1.13. The zero-order valence-corrected chi connectivity index (χ0v) is 15.2. The maximum Gasteiger partial charge on any atom is 0.356 e. The number of aromatic carboxylic acids is 1. The first-order valence-electron chi connectivity index (χ1n) is 6.00. The van der Waals surface area contributed by atoms with E-state index in [1.165, 1.54) is 28.6 Å². The van der Waals surface area contributed by atoms with E-state index in [1.807, 2.05) is 0 Å². The SMILES string of the molecule is CSc1c(Br)cc(-c2cc(C(=O)O)nn2C)cc1S(C)(=O)=O. The monoisotopic (exact) mass is 404 g/mol. The standard InChI is InChI=1S/C13H13BrN2O4S2/c1-16-10(6-9(15-16)13(17)18)7-4-8(14)12(21-2)11(5-7)22(3,19)20/h4-6H,1-3H3,(H,17,18). The number of sulfone groups is 1. The van der Waals surface area contributed by atoms with E-state index in [4.69, 9.17) is 5.11 Å². The van der Waals surface area contributed by atoms with Gasteiger partial charge in [0.2, 0.25) is 0 Å². The normalized spacial score (nSPS) is 11.6. The Labute approximate surface area is 140 Å². The number of carbonyl (C=O) groups is 1. The average molecular weight is 405 g/mol. The molecule has 2 aromatic rings. The van der Waals surface area contributed by atoms with Gasteiger partial charge in [0.05, 0.1) is 10.6 Å². The van der Waals surface area contributed by atoms with Gasteiger partial charge in [-0.1, -0.05) is 0 Å². The van der Waals surface area contributed by atoms with Gasteiger partial charge in [-0.15, -0.1) is 11.8 Å². The van der Waals surface area contributed by atoms with Crippen LogP contribution in [0, 0.1) is 0 Å². The van der Waals surface area contributed by atoms with Crippen molar-refractivity contribution in [3.05, 3.63) is 28.4 Å². The molecule has 0 amide bonds. The number of thioether (sulfide) groups is 1. The lowest BCUT2D eigenvalue weighted by Gasteiger charge is -2.11. The highest BCUT2D eigenvalue weighted by Crippen LogP contribution is 2.36. The van der Waals surface area contributed by atoms with Gasteiger partial charge in [0.25, 0.3) is 0 Å². The van der Waals surface area contributed by atoms with Crippen LogP contribution < -0.4 is 0 Å². The van der Waals surface area contributed by atoms with Crippen molar-refractivity contribution in [2.75, 3.05) is 12.5 Å². The Bertz CT molecular complexity index is 859. The second-order valence-electron chi connectivity index (χ2n) is 4.61. The van der Waals surface area contributed by atoms with E-state index < -0.39 is 15.8 Å². The Hall–Kier alpha value is -1.32. The summed E-state index contributed by atoms with van der Waals surface area (Å²) in [6.45, 7) is 0. The molecule has 0 fully saturated rings. The minimum Gasteiger partial charge on any atom is -0.476 e. The topological polar surface area (TPSA) is 89.3 Å². The molecule has 1 aromatic carbocycles. The molecule has 0 radical (unpaired) electrons. The Morgan fingerprint density at radius 1 is 1.36 bits per heavy atom. The van der Waals surface area contributed by atoms with Crippen molar-refractivity contribution in [1.82, 2.24) is 9.78 Å². The van der Waals surface area contributed by atoms with E-state index in [0.29, 0.717) is 20.6 Å². The third-order valence-electron chi connectivity index (χ3n) is 3.01. The number of hydrogen-bond acceptors (Lipinski definition) is 5. The third-order valence-corrected chi connectivity index (χ3v) is 5.99. The maximum atomic E-state index is 12.0. The van der Waals surface area contributed by atoms with Crippen LogP contribution >= 0.6 is 27.7 Å². The second-order valence-corrected chi connectivity index (χ2v) is 8.26. The lowest BCUT2D eigenvalue weighted by molar-refractivity contribution is 0.0689. The summed E-state index contributed by atoms with van der Waals surface area (Å²) in [4.78, 5) is 11.8.